The van der Waals surface area contributed by atoms with E-state index < -0.39 is 93.4 Å². The third kappa shape index (κ3) is 7.72. The van der Waals surface area contributed by atoms with Crippen LogP contribution in [0.3, 0.4) is 0 Å². The lowest BCUT2D eigenvalue weighted by molar-refractivity contribution is -0.253. The number of H-pyrrole nitrogens is 1. The van der Waals surface area contributed by atoms with Crippen molar-refractivity contribution < 1.29 is 63.8 Å². The van der Waals surface area contributed by atoms with Gasteiger partial charge in [-0.2, -0.15) is 0 Å². The van der Waals surface area contributed by atoms with Crippen molar-refractivity contribution in [2.45, 2.75) is 62.1 Å². The number of nitrogens with zero attached hydrogens (tertiary/aromatic N) is 1. The van der Waals surface area contributed by atoms with Crippen molar-refractivity contribution in [3.63, 3.8) is 0 Å². The normalized spacial score (nSPS) is 34.5. The zero-order valence-electron chi connectivity index (χ0n) is 18.6. The molecule has 0 aliphatic carbocycles. The van der Waals surface area contributed by atoms with Crippen LogP contribution in [0.5, 0.6) is 0 Å². The molecule has 0 aromatic carbocycles. The van der Waals surface area contributed by atoms with Crippen LogP contribution in [0.1, 0.15) is 13.2 Å². The zero-order chi connectivity index (χ0) is 27.4. The van der Waals surface area contributed by atoms with E-state index >= 15 is 0 Å². The first-order valence-corrected chi connectivity index (χ1v) is 11.8. The van der Waals surface area contributed by atoms with Crippen molar-refractivity contribution in [1.29, 1.82) is 0 Å². The molecular formula is C17H28N3O15P. The van der Waals surface area contributed by atoms with Gasteiger partial charge in [0, 0.05) is 19.2 Å². The van der Waals surface area contributed by atoms with E-state index in [4.69, 9.17) is 24.4 Å². The van der Waals surface area contributed by atoms with E-state index in [-0.39, 0.29) is 0 Å². The molecule has 0 saturated carbocycles. The number of aliphatic hydroxyl groups excluding tert-OH is 6. The Hall–Kier alpha value is -2.06. The van der Waals surface area contributed by atoms with Gasteiger partial charge in [0.1, 0.15) is 42.7 Å². The maximum atomic E-state index is 11.6. The molecule has 0 spiro atoms. The van der Waals surface area contributed by atoms with Gasteiger partial charge in [0.25, 0.3) is 5.56 Å². The lowest BCUT2D eigenvalue weighted by Crippen LogP contribution is -2.63. The summed E-state index contributed by atoms with van der Waals surface area (Å²) in [6.07, 6.45) is -9.83. The minimum Gasteiger partial charge on any atom is -0.394 e. The fourth-order valence-electron chi connectivity index (χ4n) is 3.38. The highest BCUT2D eigenvalue weighted by Gasteiger charge is 2.45. The average Bonchev–Trinajstić information content (AvgIpc) is 3.06. The van der Waals surface area contributed by atoms with Crippen molar-refractivity contribution in [2.75, 3.05) is 13.2 Å². The summed E-state index contributed by atoms with van der Waals surface area (Å²) in [5.41, 5.74) is -1.51. The van der Waals surface area contributed by atoms with Crippen LogP contribution in [-0.4, -0.2) is 118 Å². The molecule has 1 unspecified atom stereocenters. The number of nitrogens with one attached hydrogen (secondary N) is 2. The molecule has 2 aliphatic rings. The van der Waals surface area contributed by atoms with Gasteiger partial charge >= 0.3 is 13.5 Å². The number of carbonyl (C=O) groups excluding carboxylic acids is 1. The number of hydrogen-bond donors (Lipinski definition) is 10. The summed E-state index contributed by atoms with van der Waals surface area (Å²) < 4.78 is 25.6. The van der Waals surface area contributed by atoms with Gasteiger partial charge in [-0.1, -0.05) is 0 Å². The zero-order valence-corrected chi connectivity index (χ0v) is 19.5. The highest BCUT2D eigenvalue weighted by Crippen LogP contribution is 2.38. The third-order valence-corrected chi connectivity index (χ3v) is 5.62. The van der Waals surface area contributed by atoms with E-state index in [0.29, 0.717) is 0 Å². The number of ether oxygens (including phenoxy) is 2. The van der Waals surface area contributed by atoms with Crippen LogP contribution in [0, 0.1) is 0 Å². The fraction of sp³-hybridized carbons (Fsp3) is 0.706. The quantitative estimate of drug-likeness (QED) is 0.149. The molecule has 2 fully saturated rings. The van der Waals surface area contributed by atoms with E-state index in [1.165, 1.54) is 6.92 Å². The number of carbonyl (C=O) groups is 1. The second kappa shape index (κ2) is 12.5. The van der Waals surface area contributed by atoms with Crippen LogP contribution in [0.25, 0.3) is 0 Å². The van der Waals surface area contributed by atoms with Crippen LogP contribution < -0.4 is 16.6 Å². The van der Waals surface area contributed by atoms with Crippen LogP contribution in [0.2, 0.25) is 0 Å². The number of amides is 1. The third-order valence-electron chi connectivity index (χ3n) is 5.14. The number of phosphoric ester groups is 1. The molecule has 9 atom stereocenters. The summed E-state index contributed by atoms with van der Waals surface area (Å²) in [6.45, 7) is 0.00311. The number of hydrogen-bond acceptors (Lipinski definition) is 13. The van der Waals surface area contributed by atoms with Crippen molar-refractivity contribution in [3.05, 3.63) is 33.1 Å². The highest BCUT2D eigenvalue weighted by molar-refractivity contribution is 7.46. The maximum Gasteiger partial charge on any atom is 0.469 e. The molecular weight excluding hydrogens is 517 g/mol. The molecule has 0 bridgehead atoms. The Kier molecular flexibility index (Phi) is 10.4. The minimum atomic E-state index is -4.76. The maximum absolute atomic E-state index is 11.6. The van der Waals surface area contributed by atoms with Gasteiger partial charge < -0.3 is 55.2 Å². The monoisotopic (exact) mass is 545 g/mol. The molecule has 36 heavy (non-hydrogen) atoms. The lowest BCUT2D eigenvalue weighted by atomic mass is 9.97. The number of aliphatic hydroxyl groups is 6. The molecule has 2 saturated heterocycles. The Morgan fingerprint density at radius 2 is 1.69 bits per heavy atom. The largest absolute Gasteiger partial charge is 0.469 e. The number of phosphoric acid groups is 1. The molecule has 2 aliphatic heterocycles. The van der Waals surface area contributed by atoms with Crippen molar-refractivity contribution in [3.8, 4) is 0 Å². The first-order chi connectivity index (χ1) is 16.7. The molecule has 206 valence electrons. The molecule has 18 nitrogen and oxygen atoms in total. The Morgan fingerprint density at radius 1 is 1.08 bits per heavy atom. The Bertz CT molecular complexity index is 1040. The van der Waals surface area contributed by atoms with Gasteiger partial charge in [-0.05, 0) is 0 Å². The minimum absolute atomic E-state index is 0.462. The van der Waals surface area contributed by atoms with E-state index in [1.54, 1.807) is 0 Å². The van der Waals surface area contributed by atoms with Crippen LogP contribution >= 0.6 is 7.82 Å². The van der Waals surface area contributed by atoms with Gasteiger partial charge in [0.05, 0.1) is 13.2 Å². The van der Waals surface area contributed by atoms with Crippen LogP contribution in [0.4, 0.5) is 0 Å². The second-order valence-corrected chi connectivity index (χ2v) is 9.04. The number of aromatic nitrogens is 2. The number of aromatic amines is 1. The first kappa shape index (κ1) is 30.2. The fourth-order valence-corrected chi connectivity index (χ4v) is 3.72. The molecule has 0 radical (unpaired) electrons. The summed E-state index contributed by atoms with van der Waals surface area (Å²) in [5.74, 6) is -0.462. The summed E-state index contributed by atoms with van der Waals surface area (Å²) in [5, 5.41) is 59.0. The molecule has 1 amide bonds. The van der Waals surface area contributed by atoms with Crippen molar-refractivity contribution in [2.24, 2.45) is 0 Å². The van der Waals surface area contributed by atoms with E-state index in [1.807, 2.05) is 4.98 Å². The van der Waals surface area contributed by atoms with Crippen LogP contribution in [0.15, 0.2) is 21.9 Å². The molecule has 1 aromatic heterocycles. The molecule has 3 heterocycles. The summed E-state index contributed by atoms with van der Waals surface area (Å²) in [6, 6.07) is -0.0797. The Balaban J connectivity index is 0.000000269. The summed E-state index contributed by atoms with van der Waals surface area (Å²) >= 11 is 0. The van der Waals surface area contributed by atoms with E-state index in [2.05, 4.69) is 9.84 Å². The highest BCUT2D eigenvalue weighted by atomic mass is 31.2. The summed E-state index contributed by atoms with van der Waals surface area (Å²) in [7, 11) is -4.76. The number of rotatable bonds is 6. The van der Waals surface area contributed by atoms with E-state index in [0.717, 1.165) is 16.8 Å². The van der Waals surface area contributed by atoms with Crippen molar-refractivity contribution in [1.82, 2.24) is 14.9 Å². The van der Waals surface area contributed by atoms with E-state index in [9.17, 15) is 44.5 Å². The molecule has 3 rings (SSSR count). The van der Waals surface area contributed by atoms with Gasteiger partial charge in [0.15, 0.2) is 12.5 Å². The topological polar surface area (TPSA) is 291 Å². The molecule has 19 heteroatoms. The molecule has 1 aromatic rings. The second-order valence-electron chi connectivity index (χ2n) is 7.81. The standard InChI is InChI=1S/C9H13N2O9P.C8H15NO6/c12-5-1-2-11(9(15)10-5)8-7(14)6(13)4(20-8)3-19-21(16,17)18;1-3(11)9-5-7(13)6(12)4(2-10)15-8(5)14/h1-2,4,6-8,13-14H,3H2,(H,10,12,15)(H2,16,17,18);4-8,10,12-14H,2H2,1H3,(H,9,11)/t4-,6-,7-,8-;4-,5-,6+,7-,8?/m11/s1. The van der Waals surface area contributed by atoms with Crippen molar-refractivity contribution >= 4 is 13.7 Å². The Labute approximate surface area is 201 Å². The Morgan fingerprint density at radius 3 is 2.22 bits per heavy atom. The van der Waals surface area contributed by atoms with Gasteiger partial charge in [-0.3, -0.25) is 23.7 Å². The smallest absolute Gasteiger partial charge is 0.394 e. The predicted octanol–water partition coefficient (Wildman–Crippen LogP) is -5.81. The van der Waals surface area contributed by atoms with Gasteiger partial charge in [-0.15, -0.1) is 0 Å². The van der Waals surface area contributed by atoms with Gasteiger partial charge in [-0.25, -0.2) is 9.36 Å². The SMILES string of the molecule is CC(=O)N[C@H]1C(O)O[C@H](CO)[C@H](O)[C@@H]1O.O=c1ccn([C@@H]2O[C@H](COP(=O)(O)O)[C@@H](O)[C@H]2O)c(=O)[nH]1. The lowest BCUT2D eigenvalue weighted by Gasteiger charge is -2.40. The predicted molar refractivity (Wildman–Crippen MR) is 113 cm³/mol. The van der Waals surface area contributed by atoms with Crippen LogP contribution in [-0.2, 0) is 23.4 Å². The first-order valence-electron chi connectivity index (χ1n) is 10.3. The molecule has 10 N–H and O–H groups in total. The average molecular weight is 545 g/mol. The van der Waals surface area contributed by atoms with Gasteiger partial charge in [0.2, 0.25) is 5.91 Å². The summed E-state index contributed by atoms with van der Waals surface area (Å²) in [4.78, 5) is 52.4.